The summed E-state index contributed by atoms with van der Waals surface area (Å²) in [5.74, 6) is 0.667. The van der Waals surface area contributed by atoms with Crippen LogP contribution in [0.25, 0.3) is 21.9 Å². The van der Waals surface area contributed by atoms with E-state index in [1.807, 2.05) is 12.1 Å². The van der Waals surface area contributed by atoms with Gasteiger partial charge in [0.25, 0.3) is 0 Å². The molecule has 4 atom stereocenters. The highest BCUT2D eigenvalue weighted by Gasteiger charge is 2.44. The predicted molar refractivity (Wildman–Crippen MR) is 98.8 cm³/mol. The molecule has 0 aromatic carbocycles. The molecule has 1 saturated heterocycles. The summed E-state index contributed by atoms with van der Waals surface area (Å²) < 4.78 is 8.14. The van der Waals surface area contributed by atoms with Crippen LogP contribution in [-0.4, -0.2) is 59.8 Å². The number of aromatic nitrogens is 4. The van der Waals surface area contributed by atoms with Gasteiger partial charge in [-0.2, -0.15) is 0 Å². The highest BCUT2D eigenvalue weighted by atomic mass is 127. The molecule has 132 valence electrons. The lowest BCUT2D eigenvalue weighted by atomic mass is 10.1. The van der Waals surface area contributed by atoms with E-state index in [9.17, 15) is 15.3 Å². The van der Waals surface area contributed by atoms with Gasteiger partial charge in [-0.05, 0) is 34.7 Å². The van der Waals surface area contributed by atoms with Gasteiger partial charge >= 0.3 is 0 Å². The molecule has 9 nitrogen and oxygen atoms in total. The maximum Gasteiger partial charge on any atom is 0.174 e. The first-order valence-electron chi connectivity index (χ1n) is 7.38. The van der Waals surface area contributed by atoms with E-state index in [0.29, 0.717) is 17.0 Å². The van der Waals surface area contributed by atoms with Crippen LogP contribution in [-0.2, 0) is 4.74 Å². The molecule has 1 aliphatic heterocycles. The quantitative estimate of drug-likeness (QED) is 0.398. The highest BCUT2D eigenvalue weighted by Crippen LogP contribution is 2.33. The molecule has 4 rings (SSSR count). The van der Waals surface area contributed by atoms with Crippen LogP contribution in [0.15, 0.2) is 18.5 Å². The average molecular weight is 475 g/mol. The lowest BCUT2D eigenvalue weighted by molar-refractivity contribution is -0.0511. The third-order valence-electron chi connectivity index (χ3n) is 4.03. The van der Waals surface area contributed by atoms with E-state index >= 15 is 0 Å². The fraction of sp³-hybridized carbons (Fsp3) is 0.357. The number of halogens is 1. The zero-order valence-electron chi connectivity index (χ0n) is 12.7. The van der Waals surface area contributed by atoms with Crippen LogP contribution in [0.5, 0.6) is 0 Å². The Labute approximate surface area is 159 Å². The van der Waals surface area contributed by atoms with Gasteiger partial charge in [0.05, 0.1) is 20.7 Å². The number of anilines is 1. The number of hydrogen-bond acceptors (Lipinski definition) is 9. The Balaban J connectivity index is 1.82. The molecule has 0 aliphatic carbocycles. The van der Waals surface area contributed by atoms with Crippen LogP contribution in [0, 0.1) is 2.88 Å². The molecule has 0 bridgehead atoms. The van der Waals surface area contributed by atoms with Crippen LogP contribution >= 0.6 is 33.9 Å². The van der Waals surface area contributed by atoms with Crippen molar-refractivity contribution in [3.8, 4) is 10.7 Å². The van der Waals surface area contributed by atoms with Gasteiger partial charge in [0, 0.05) is 0 Å². The van der Waals surface area contributed by atoms with Crippen molar-refractivity contribution in [1.29, 1.82) is 0 Å². The maximum atomic E-state index is 10.2. The van der Waals surface area contributed by atoms with Crippen molar-refractivity contribution in [2.45, 2.75) is 24.5 Å². The summed E-state index contributed by atoms with van der Waals surface area (Å²) in [6.07, 6.45) is -2.81. The van der Waals surface area contributed by atoms with Crippen molar-refractivity contribution in [3.05, 3.63) is 21.3 Å². The van der Waals surface area contributed by atoms with Crippen molar-refractivity contribution in [3.63, 3.8) is 0 Å². The number of fused-ring (bicyclic) bond motifs is 1. The minimum atomic E-state index is -1.23. The molecule has 0 radical (unpaired) electrons. The normalized spacial score (nSPS) is 26.6. The summed E-state index contributed by atoms with van der Waals surface area (Å²) in [5, 5.41) is 29.5. The van der Waals surface area contributed by atoms with E-state index in [-0.39, 0.29) is 5.82 Å². The topological polar surface area (TPSA) is 140 Å². The zero-order chi connectivity index (χ0) is 17.7. The summed E-state index contributed by atoms with van der Waals surface area (Å²) in [7, 11) is 0. The summed E-state index contributed by atoms with van der Waals surface area (Å²) in [5.41, 5.74) is 6.78. The molecule has 0 spiro atoms. The van der Waals surface area contributed by atoms with Gasteiger partial charge < -0.3 is 25.8 Å². The zero-order valence-corrected chi connectivity index (χ0v) is 15.6. The number of aliphatic hydroxyl groups excluding tert-OH is 3. The molecule has 3 aromatic rings. The van der Waals surface area contributed by atoms with Gasteiger partial charge in [-0.3, -0.25) is 4.57 Å². The van der Waals surface area contributed by atoms with E-state index < -0.39 is 31.1 Å². The second-order valence-electron chi connectivity index (χ2n) is 5.59. The highest BCUT2D eigenvalue weighted by molar-refractivity contribution is 14.1. The Morgan fingerprint density at radius 2 is 2.08 bits per heavy atom. The van der Waals surface area contributed by atoms with E-state index in [1.54, 1.807) is 0 Å². The summed E-state index contributed by atoms with van der Waals surface area (Å²) in [4.78, 5) is 13.9. The Kier molecular flexibility index (Phi) is 4.37. The Hall–Kier alpha value is -1.38. The molecule has 5 N–H and O–H groups in total. The minimum Gasteiger partial charge on any atom is -0.394 e. The van der Waals surface area contributed by atoms with Crippen LogP contribution < -0.4 is 5.73 Å². The third-order valence-corrected chi connectivity index (χ3v) is 5.92. The van der Waals surface area contributed by atoms with Crippen LogP contribution in [0.3, 0.4) is 0 Å². The number of hydrogen-bond donors (Lipinski definition) is 4. The molecule has 3 aromatic heterocycles. The molecule has 11 heteroatoms. The molecule has 0 amide bonds. The summed E-state index contributed by atoms with van der Waals surface area (Å²) >= 11 is 3.74. The van der Waals surface area contributed by atoms with E-state index in [4.69, 9.17) is 10.5 Å². The molecule has 1 fully saturated rings. The Morgan fingerprint density at radius 1 is 1.28 bits per heavy atom. The van der Waals surface area contributed by atoms with Gasteiger partial charge in [0.15, 0.2) is 23.5 Å². The first-order chi connectivity index (χ1) is 12.0. The number of ether oxygens (including phenoxy) is 1. The number of nitrogens with zero attached hydrogens (tertiary/aromatic N) is 4. The van der Waals surface area contributed by atoms with Gasteiger partial charge in [-0.1, -0.05) is 0 Å². The number of imidazole rings is 1. The number of thiophene rings is 1. The molecule has 4 heterocycles. The monoisotopic (exact) mass is 475 g/mol. The fourth-order valence-electron chi connectivity index (χ4n) is 2.78. The first kappa shape index (κ1) is 17.1. The van der Waals surface area contributed by atoms with Crippen molar-refractivity contribution in [2.24, 2.45) is 0 Å². The van der Waals surface area contributed by atoms with E-state index in [1.165, 1.54) is 22.2 Å². The van der Waals surface area contributed by atoms with Crippen LogP contribution in [0.2, 0.25) is 0 Å². The predicted octanol–water partition coefficient (Wildman–Crippen LogP) is 0.353. The molecule has 25 heavy (non-hydrogen) atoms. The number of nitrogens with two attached hydrogens (primary N) is 1. The minimum absolute atomic E-state index is 0.217. The molecule has 0 saturated carbocycles. The molecule has 1 unspecified atom stereocenters. The van der Waals surface area contributed by atoms with Crippen molar-refractivity contribution >= 4 is 50.9 Å². The number of rotatable bonds is 3. The lowest BCUT2D eigenvalue weighted by Crippen LogP contribution is -2.33. The van der Waals surface area contributed by atoms with Crippen molar-refractivity contribution in [2.75, 3.05) is 12.3 Å². The van der Waals surface area contributed by atoms with Gasteiger partial charge in [0.2, 0.25) is 0 Å². The van der Waals surface area contributed by atoms with Gasteiger partial charge in [0.1, 0.15) is 23.8 Å². The second-order valence-corrected chi connectivity index (χ2v) is 8.57. The largest absolute Gasteiger partial charge is 0.394 e. The molecular weight excluding hydrogens is 461 g/mol. The van der Waals surface area contributed by atoms with E-state index in [2.05, 4.69) is 37.5 Å². The SMILES string of the molecule is Nc1nc(-c2ccc(I)s2)nc2c1ncn2C1O[C@H](CO)[C@@H](O)[C@H]1O. The van der Waals surface area contributed by atoms with E-state index in [0.717, 1.165) is 7.76 Å². The van der Waals surface area contributed by atoms with Crippen LogP contribution in [0.4, 0.5) is 5.82 Å². The lowest BCUT2D eigenvalue weighted by Gasteiger charge is -2.16. The van der Waals surface area contributed by atoms with Crippen LogP contribution in [0.1, 0.15) is 6.23 Å². The summed E-state index contributed by atoms with van der Waals surface area (Å²) in [6.45, 7) is -0.405. The van der Waals surface area contributed by atoms with Gasteiger partial charge in [-0.15, -0.1) is 11.3 Å². The number of nitrogen functional groups attached to an aromatic ring is 1. The van der Waals surface area contributed by atoms with Crippen molar-refractivity contribution in [1.82, 2.24) is 19.5 Å². The smallest absolute Gasteiger partial charge is 0.174 e. The maximum absolute atomic E-state index is 10.2. The Morgan fingerprint density at radius 3 is 2.72 bits per heavy atom. The van der Waals surface area contributed by atoms with Gasteiger partial charge in [-0.25, -0.2) is 15.0 Å². The molecule has 1 aliphatic rings. The number of aliphatic hydroxyl groups is 3. The standard InChI is InChI=1S/C14H14IN5O4S/c15-7-2-1-6(25-7)12-18-11(16)8-13(19-12)20(4-17-8)14-10(23)9(22)5(3-21)24-14/h1-2,4-5,9-10,14,21-23H,3H2,(H2,16,18,19)/t5-,9-,10-,14?/m1/s1. The second kappa shape index (κ2) is 6.41. The fourth-order valence-corrected chi connectivity index (χ4v) is 4.34. The summed E-state index contributed by atoms with van der Waals surface area (Å²) in [6, 6.07) is 3.86. The molecular formula is C14H14IN5O4S. The van der Waals surface area contributed by atoms with Crippen molar-refractivity contribution < 1.29 is 20.1 Å². The first-order valence-corrected chi connectivity index (χ1v) is 9.27. The third kappa shape index (κ3) is 2.80. The Bertz CT molecular complexity index is 931. The average Bonchev–Trinajstić information content (AvgIpc) is 3.27.